The molecule has 0 saturated carbocycles. The van der Waals surface area contributed by atoms with Crippen LogP contribution in [0, 0.1) is 0 Å². The highest BCUT2D eigenvalue weighted by Gasteiger charge is 2.12. The number of rotatable bonds is 3. The zero-order valence-electron chi connectivity index (χ0n) is 8.44. The van der Waals surface area contributed by atoms with Gasteiger partial charge in [0.25, 0.3) is 0 Å². The third kappa shape index (κ3) is 4.27. The highest BCUT2D eigenvalue weighted by Crippen LogP contribution is 2.12. The summed E-state index contributed by atoms with van der Waals surface area (Å²) in [5.41, 5.74) is 0. The van der Waals surface area contributed by atoms with Gasteiger partial charge in [-0.2, -0.15) is 0 Å². The maximum atomic E-state index is 11.0. The first kappa shape index (κ1) is 10.5. The average Bonchev–Trinajstić information content (AvgIpc) is 2.42. The van der Waals surface area contributed by atoms with E-state index in [-0.39, 0.29) is 5.91 Å². The van der Waals surface area contributed by atoms with E-state index in [0.717, 1.165) is 13.0 Å². The van der Waals surface area contributed by atoms with Crippen LogP contribution in [-0.4, -0.2) is 25.5 Å². The minimum absolute atomic E-state index is 0.158. The Morgan fingerprint density at radius 1 is 1.46 bits per heavy atom. The number of carbonyl (C=O) groups is 1. The lowest BCUT2D eigenvalue weighted by Crippen LogP contribution is -2.30. The van der Waals surface area contributed by atoms with Crippen molar-refractivity contribution in [2.75, 3.05) is 13.6 Å². The molecule has 1 aliphatic heterocycles. The molecule has 1 unspecified atom stereocenters. The molecule has 0 aromatic rings. The highest BCUT2D eigenvalue weighted by atomic mass is 16.1. The van der Waals surface area contributed by atoms with Gasteiger partial charge >= 0.3 is 0 Å². The molecule has 2 N–H and O–H groups in total. The van der Waals surface area contributed by atoms with Crippen LogP contribution in [0.2, 0.25) is 0 Å². The van der Waals surface area contributed by atoms with Gasteiger partial charge in [0.1, 0.15) is 0 Å². The predicted molar refractivity (Wildman–Crippen MR) is 53.6 cm³/mol. The summed E-state index contributed by atoms with van der Waals surface area (Å²) in [5, 5.41) is 6.13. The Kier molecular flexibility index (Phi) is 4.83. The molecule has 13 heavy (non-hydrogen) atoms. The Morgan fingerprint density at radius 3 is 3.08 bits per heavy atom. The summed E-state index contributed by atoms with van der Waals surface area (Å²) < 4.78 is 0. The van der Waals surface area contributed by atoms with Gasteiger partial charge < -0.3 is 10.6 Å². The summed E-state index contributed by atoms with van der Waals surface area (Å²) in [6.45, 7) is 1.12. The highest BCUT2D eigenvalue weighted by molar-refractivity contribution is 5.75. The Labute approximate surface area is 80.3 Å². The van der Waals surface area contributed by atoms with Crippen LogP contribution in [0.3, 0.4) is 0 Å². The van der Waals surface area contributed by atoms with Gasteiger partial charge in [0, 0.05) is 19.5 Å². The van der Waals surface area contributed by atoms with Gasteiger partial charge in [-0.15, -0.1) is 0 Å². The molecule has 0 bridgehead atoms. The molecule has 1 aliphatic rings. The van der Waals surface area contributed by atoms with E-state index in [1.807, 2.05) is 0 Å². The monoisotopic (exact) mass is 184 g/mol. The molecule has 1 rings (SSSR count). The lowest BCUT2D eigenvalue weighted by atomic mass is 10.1. The second-order valence-electron chi connectivity index (χ2n) is 3.71. The van der Waals surface area contributed by atoms with Crippen molar-refractivity contribution in [2.24, 2.45) is 0 Å². The predicted octanol–water partition coefficient (Wildman–Crippen LogP) is 1.04. The fourth-order valence-electron chi connectivity index (χ4n) is 1.78. The van der Waals surface area contributed by atoms with Crippen molar-refractivity contribution in [1.29, 1.82) is 0 Å². The molecule has 76 valence electrons. The number of nitrogens with one attached hydrogen (secondary N) is 2. The first-order valence-electron chi connectivity index (χ1n) is 5.27. The van der Waals surface area contributed by atoms with E-state index >= 15 is 0 Å². The Hall–Kier alpha value is -0.570. The van der Waals surface area contributed by atoms with E-state index in [9.17, 15) is 4.79 Å². The van der Waals surface area contributed by atoms with Crippen molar-refractivity contribution >= 4 is 5.91 Å². The lowest BCUT2D eigenvalue weighted by molar-refractivity contribution is -0.120. The van der Waals surface area contributed by atoms with E-state index in [4.69, 9.17) is 0 Å². The Balaban J connectivity index is 2.15. The SMILES string of the molecule is CNC(=O)CCC1CCCCCN1. The average molecular weight is 184 g/mol. The van der Waals surface area contributed by atoms with Crippen molar-refractivity contribution in [2.45, 2.75) is 44.6 Å². The normalized spacial score (nSPS) is 23.6. The third-order valence-electron chi connectivity index (χ3n) is 2.66. The van der Waals surface area contributed by atoms with Crippen LogP contribution >= 0.6 is 0 Å². The number of carbonyl (C=O) groups excluding carboxylic acids is 1. The standard InChI is InChI=1S/C10H20N2O/c1-11-10(13)7-6-9-5-3-2-4-8-12-9/h9,12H,2-8H2,1H3,(H,11,13). The Bertz CT molecular complexity index is 151. The molecule has 1 saturated heterocycles. The summed E-state index contributed by atoms with van der Waals surface area (Å²) in [4.78, 5) is 11.0. The van der Waals surface area contributed by atoms with Crippen molar-refractivity contribution < 1.29 is 4.79 Å². The first-order valence-corrected chi connectivity index (χ1v) is 5.27. The topological polar surface area (TPSA) is 41.1 Å². The van der Waals surface area contributed by atoms with Crippen LogP contribution in [0.5, 0.6) is 0 Å². The largest absolute Gasteiger partial charge is 0.359 e. The molecule has 1 heterocycles. The van der Waals surface area contributed by atoms with Gasteiger partial charge in [0.05, 0.1) is 0 Å². The second kappa shape index (κ2) is 5.97. The van der Waals surface area contributed by atoms with Gasteiger partial charge in [0.2, 0.25) is 5.91 Å². The molecule has 0 radical (unpaired) electrons. The Morgan fingerprint density at radius 2 is 2.31 bits per heavy atom. The summed E-state index contributed by atoms with van der Waals surface area (Å²) in [5.74, 6) is 0.158. The van der Waals surface area contributed by atoms with Crippen molar-refractivity contribution in [3.05, 3.63) is 0 Å². The second-order valence-corrected chi connectivity index (χ2v) is 3.71. The molecule has 1 amide bonds. The van der Waals surface area contributed by atoms with E-state index in [0.29, 0.717) is 12.5 Å². The van der Waals surface area contributed by atoms with Crippen molar-refractivity contribution in [3.8, 4) is 0 Å². The van der Waals surface area contributed by atoms with Gasteiger partial charge in [-0.25, -0.2) is 0 Å². The van der Waals surface area contributed by atoms with Crippen LogP contribution in [0.1, 0.15) is 38.5 Å². The summed E-state index contributed by atoms with van der Waals surface area (Å²) in [6.07, 6.45) is 6.82. The van der Waals surface area contributed by atoms with Crippen LogP contribution in [0.4, 0.5) is 0 Å². The molecule has 0 aromatic heterocycles. The minimum Gasteiger partial charge on any atom is -0.359 e. The lowest BCUT2D eigenvalue weighted by Gasteiger charge is -2.14. The van der Waals surface area contributed by atoms with Gasteiger partial charge in [-0.3, -0.25) is 4.79 Å². The van der Waals surface area contributed by atoms with Gasteiger partial charge in [-0.1, -0.05) is 12.8 Å². The molecular weight excluding hydrogens is 164 g/mol. The van der Waals surface area contributed by atoms with Crippen molar-refractivity contribution in [1.82, 2.24) is 10.6 Å². The molecule has 3 nitrogen and oxygen atoms in total. The maximum absolute atomic E-state index is 11.0. The smallest absolute Gasteiger partial charge is 0.219 e. The quantitative estimate of drug-likeness (QED) is 0.688. The minimum atomic E-state index is 0.158. The van der Waals surface area contributed by atoms with E-state index in [2.05, 4.69) is 10.6 Å². The first-order chi connectivity index (χ1) is 6.33. The van der Waals surface area contributed by atoms with E-state index < -0.39 is 0 Å². The van der Waals surface area contributed by atoms with Crippen molar-refractivity contribution in [3.63, 3.8) is 0 Å². The molecule has 1 atom stereocenters. The van der Waals surface area contributed by atoms with Gasteiger partial charge in [0.15, 0.2) is 0 Å². The zero-order chi connectivity index (χ0) is 9.52. The summed E-state index contributed by atoms with van der Waals surface area (Å²) in [7, 11) is 1.70. The molecule has 1 fully saturated rings. The summed E-state index contributed by atoms with van der Waals surface area (Å²) >= 11 is 0. The fraction of sp³-hybridized carbons (Fsp3) is 0.900. The van der Waals surface area contributed by atoms with Crippen LogP contribution in [-0.2, 0) is 4.79 Å². The van der Waals surface area contributed by atoms with Crippen LogP contribution in [0.15, 0.2) is 0 Å². The van der Waals surface area contributed by atoms with E-state index in [1.165, 1.54) is 25.7 Å². The summed E-state index contributed by atoms with van der Waals surface area (Å²) in [6, 6.07) is 0.569. The number of hydrogen-bond donors (Lipinski definition) is 2. The maximum Gasteiger partial charge on any atom is 0.219 e. The molecular formula is C10H20N2O. The van der Waals surface area contributed by atoms with E-state index in [1.54, 1.807) is 7.05 Å². The zero-order valence-corrected chi connectivity index (χ0v) is 8.44. The third-order valence-corrected chi connectivity index (χ3v) is 2.66. The molecule has 0 spiro atoms. The number of hydrogen-bond acceptors (Lipinski definition) is 2. The van der Waals surface area contributed by atoms with Crippen LogP contribution in [0.25, 0.3) is 0 Å². The fourth-order valence-corrected chi connectivity index (χ4v) is 1.78. The molecule has 0 aromatic carbocycles. The van der Waals surface area contributed by atoms with Crippen LogP contribution < -0.4 is 10.6 Å². The number of amides is 1. The molecule has 3 heteroatoms. The van der Waals surface area contributed by atoms with Gasteiger partial charge in [-0.05, 0) is 25.8 Å². The molecule has 0 aliphatic carbocycles.